The summed E-state index contributed by atoms with van der Waals surface area (Å²) in [4.78, 5) is 44.8. The number of anilines is 2. The Bertz CT molecular complexity index is 1670. The van der Waals surface area contributed by atoms with Gasteiger partial charge in [-0.2, -0.15) is 26.3 Å². The quantitative estimate of drug-likeness (QED) is 0.319. The lowest BCUT2D eigenvalue weighted by atomic mass is 10.1. The third-order valence-electron chi connectivity index (χ3n) is 8.93. The first-order valence-electron chi connectivity index (χ1n) is 16.2. The van der Waals surface area contributed by atoms with Crippen LogP contribution in [-0.4, -0.2) is 102 Å². The largest absolute Gasteiger partial charge is 0.444 e. The number of benzene rings is 2. The molecule has 0 saturated carbocycles. The van der Waals surface area contributed by atoms with Crippen LogP contribution in [0, 0.1) is 0 Å². The normalized spacial score (nSPS) is 24.0. The molecule has 4 heterocycles. The first kappa shape index (κ1) is 38.6. The van der Waals surface area contributed by atoms with E-state index in [0.29, 0.717) is 13.1 Å². The van der Waals surface area contributed by atoms with Crippen molar-refractivity contribution in [3.8, 4) is 0 Å². The highest BCUT2D eigenvalue weighted by Crippen LogP contribution is 2.42. The van der Waals surface area contributed by atoms with E-state index in [2.05, 4.69) is 5.32 Å². The average molecular weight is 768 g/mol. The Morgan fingerprint density at radius 1 is 0.745 bits per heavy atom. The number of nitrogens with one attached hydrogen (secondary N) is 1. The molecule has 0 radical (unpaired) electrons. The van der Waals surface area contributed by atoms with Crippen LogP contribution in [0.15, 0.2) is 36.4 Å². The van der Waals surface area contributed by atoms with E-state index in [0.717, 1.165) is 17.0 Å². The fraction of sp³-hybridized carbons (Fsp3) is 0.545. The average Bonchev–Trinajstić information content (AvgIpc) is 3.50. The number of piperazine rings is 2. The minimum atomic E-state index is -4.65. The van der Waals surface area contributed by atoms with Crippen LogP contribution in [0.2, 0.25) is 10.0 Å². The van der Waals surface area contributed by atoms with E-state index in [9.17, 15) is 40.7 Å². The smallest absolute Gasteiger partial charge is 0.418 e. The summed E-state index contributed by atoms with van der Waals surface area (Å²) >= 11 is 11.4. The number of hydrogen-bond donors (Lipinski definition) is 1. The molecule has 51 heavy (non-hydrogen) atoms. The summed E-state index contributed by atoms with van der Waals surface area (Å²) in [6.45, 7) is 10.7. The second-order valence-corrected chi connectivity index (χ2v) is 14.9. The highest BCUT2D eigenvalue weighted by molar-refractivity contribution is 6.31. The Kier molecular flexibility index (Phi) is 10.6. The van der Waals surface area contributed by atoms with Crippen LogP contribution in [0.5, 0.6) is 0 Å². The molecule has 2 aromatic rings. The second-order valence-electron chi connectivity index (χ2n) is 14.0. The molecule has 2 aromatic carbocycles. The van der Waals surface area contributed by atoms with Gasteiger partial charge in [-0.3, -0.25) is 9.80 Å². The molecule has 0 bridgehead atoms. The second kappa shape index (κ2) is 14.1. The van der Waals surface area contributed by atoms with Crippen LogP contribution >= 0.6 is 23.2 Å². The van der Waals surface area contributed by atoms with Crippen LogP contribution in [0.25, 0.3) is 0 Å². The fourth-order valence-electron chi connectivity index (χ4n) is 6.59. The molecule has 4 aliphatic heterocycles. The standard InChI is InChI=1S/C19H23ClF3N3O3.C14H15ClF3N3O/c1-11-8-25-13(9-24(11)17(28)29-18(2,3)4)10-26(16(25)27)15-6-5-12(20)7-14(15)19(21,22)23;1-8-6-20-10(5-19-8)7-21(13(20)22)12-3-2-9(15)4-11(12)14(16,17)18/h5-7,11,13H,8-10H2,1-4H3;2-4,8,10,19H,5-7H2,1H3/t11-,13+;8-,10+/m11/s1. The summed E-state index contributed by atoms with van der Waals surface area (Å²) in [5.74, 6) is 0. The van der Waals surface area contributed by atoms with Gasteiger partial charge in [0.25, 0.3) is 0 Å². The van der Waals surface area contributed by atoms with Crippen molar-refractivity contribution in [2.75, 3.05) is 49.1 Å². The van der Waals surface area contributed by atoms with Gasteiger partial charge in [0, 0.05) is 61.4 Å². The van der Waals surface area contributed by atoms with Crippen molar-refractivity contribution in [1.29, 1.82) is 0 Å². The zero-order valence-electron chi connectivity index (χ0n) is 28.4. The summed E-state index contributed by atoms with van der Waals surface area (Å²) in [5.41, 5.74) is -2.89. The summed E-state index contributed by atoms with van der Waals surface area (Å²) in [7, 11) is 0. The molecule has 280 valence electrons. The third-order valence-corrected chi connectivity index (χ3v) is 9.40. The van der Waals surface area contributed by atoms with E-state index in [1.807, 2.05) is 6.92 Å². The van der Waals surface area contributed by atoms with Crippen molar-refractivity contribution in [1.82, 2.24) is 20.0 Å². The van der Waals surface area contributed by atoms with Gasteiger partial charge in [-0.05, 0) is 71.0 Å². The van der Waals surface area contributed by atoms with E-state index in [1.165, 1.54) is 39.0 Å². The summed E-state index contributed by atoms with van der Waals surface area (Å²) in [6.07, 6.45) is -9.72. The van der Waals surface area contributed by atoms with Gasteiger partial charge in [-0.1, -0.05) is 23.2 Å². The summed E-state index contributed by atoms with van der Waals surface area (Å²) < 4.78 is 85.5. The van der Waals surface area contributed by atoms with Crippen LogP contribution in [0.4, 0.5) is 52.1 Å². The first-order valence-corrected chi connectivity index (χ1v) is 16.9. The summed E-state index contributed by atoms with van der Waals surface area (Å²) in [6, 6.07) is 5.22. The molecule has 4 aliphatic rings. The molecule has 10 nitrogen and oxygen atoms in total. The number of rotatable bonds is 2. The Labute approximate surface area is 301 Å². The van der Waals surface area contributed by atoms with E-state index in [-0.39, 0.29) is 71.8 Å². The SMILES string of the molecule is C[C@@H]1CN2C(=O)N(c3ccc(Cl)cc3C(F)(F)F)C[C@@H]2CN1.C[C@@H]1CN2C(=O)N(c3ccc(Cl)cc3C(F)(F)F)C[C@@H]2CN1C(=O)OC(C)(C)C. The van der Waals surface area contributed by atoms with Gasteiger partial charge in [0.15, 0.2) is 0 Å². The predicted octanol–water partition coefficient (Wildman–Crippen LogP) is 7.57. The number of amides is 5. The molecule has 5 amide bonds. The maximum absolute atomic E-state index is 13.5. The molecular weight excluding hydrogens is 729 g/mol. The Morgan fingerprint density at radius 3 is 1.69 bits per heavy atom. The van der Waals surface area contributed by atoms with Gasteiger partial charge in [0.1, 0.15) is 5.60 Å². The number of carbonyl (C=O) groups is 3. The number of fused-ring (bicyclic) bond motifs is 2. The van der Waals surface area contributed by atoms with Gasteiger partial charge in [-0.25, -0.2) is 14.4 Å². The zero-order chi connectivity index (χ0) is 37.8. The lowest BCUT2D eigenvalue weighted by molar-refractivity contribution is -0.137. The van der Waals surface area contributed by atoms with E-state index < -0.39 is 47.2 Å². The molecule has 6 rings (SSSR count). The molecule has 0 unspecified atom stereocenters. The molecule has 1 N–H and O–H groups in total. The molecule has 0 aromatic heterocycles. The van der Waals surface area contributed by atoms with Crippen LogP contribution in [0.1, 0.15) is 45.7 Å². The van der Waals surface area contributed by atoms with E-state index in [1.54, 1.807) is 32.6 Å². The van der Waals surface area contributed by atoms with Gasteiger partial charge >= 0.3 is 30.5 Å². The Hall–Kier alpha value is -3.63. The minimum Gasteiger partial charge on any atom is -0.444 e. The van der Waals surface area contributed by atoms with Gasteiger partial charge in [-0.15, -0.1) is 0 Å². The number of alkyl halides is 6. The zero-order valence-corrected chi connectivity index (χ0v) is 29.9. The topological polar surface area (TPSA) is 88.7 Å². The number of hydrogen-bond acceptors (Lipinski definition) is 5. The van der Waals surface area contributed by atoms with Crippen LogP contribution < -0.4 is 15.1 Å². The maximum Gasteiger partial charge on any atom is 0.418 e. The van der Waals surface area contributed by atoms with Gasteiger partial charge < -0.3 is 24.8 Å². The van der Waals surface area contributed by atoms with Gasteiger partial charge in [0.05, 0.1) is 34.6 Å². The van der Waals surface area contributed by atoms with Crippen molar-refractivity contribution < 1.29 is 45.5 Å². The minimum absolute atomic E-state index is 0.00395. The predicted molar refractivity (Wildman–Crippen MR) is 179 cm³/mol. The molecule has 0 aliphatic carbocycles. The Balaban J connectivity index is 0.000000205. The number of halogens is 8. The molecule has 4 fully saturated rings. The van der Waals surface area contributed by atoms with Crippen molar-refractivity contribution in [2.45, 2.75) is 76.7 Å². The van der Waals surface area contributed by atoms with Crippen molar-refractivity contribution >= 4 is 52.7 Å². The van der Waals surface area contributed by atoms with E-state index >= 15 is 0 Å². The number of nitrogens with zero attached hydrogens (tertiary/aromatic N) is 5. The molecule has 4 saturated heterocycles. The highest BCUT2D eigenvalue weighted by atomic mass is 35.5. The summed E-state index contributed by atoms with van der Waals surface area (Å²) in [5, 5.41) is 3.17. The molecular formula is C33H38Cl2F6N6O4. The highest BCUT2D eigenvalue weighted by Gasteiger charge is 2.48. The third kappa shape index (κ3) is 8.38. The van der Waals surface area contributed by atoms with Crippen molar-refractivity contribution in [3.05, 3.63) is 57.6 Å². The Morgan fingerprint density at radius 2 is 1.22 bits per heavy atom. The van der Waals surface area contributed by atoms with E-state index in [4.69, 9.17) is 27.9 Å². The number of carbonyl (C=O) groups excluding carboxylic acids is 3. The van der Waals surface area contributed by atoms with Crippen molar-refractivity contribution in [3.63, 3.8) is 0 Å². The lowest BCUT2D eigenvalue weighted by Gasteiger charge is -2.41. The molecule has 0 spiro atoms. The maximum atomic E-state index is 13.5. The number of urea groups is 2. The monoisotopic (exact) mass is 766 g/mol. The molecule has 18 heteroatoms. The fourth-order valence-corrected chi connectivity index (χ4v) is 6.93. The van der Waals surface area contributed by atoms with Crippen molar-refractivity contribution in [2.24, 2.45) is 0 Å². The lowest BCUT2D eigenvalue weighted by Crippen LogP contribution is -2.58. The number of ether oxygens (including phenoxy) is 1. The van der Waals surface area contributed by atoms with Crippen LogP contribution in [0.3, 0.4) is 0 Å². The van der Waals surface area contributed by atoms with Crippen LogP contribution in [-0.2, 0) is 17.1 Å². The van der Waals surface area contributed by atoms with Gasteiger partial charge in [0.2, 0.25) is 0 Å². The first-order chi connectivity index (χ1) is 23.5. The molecule has 4 atom stereocenters.